The maximum atomic E-state index is 12.2. The minimum Gasteiger partial charge on any atom is -0.486 e. The van der Waals surface area contributed by atoms with Gasteiger partial charge in [-0.25, -0.2) is 0 Å². The molecule has 1 aliphatic heterocycles. The van der Waals surface area contributed by atoms with Crippen LogP contribution in [0.2, 0.25) is 0 Å². The molecule has 2 N–H and O–H groups in total. The Kier molecular flexibility index (Phi) is 2.97. The summed E-state index contributed by atoms with van der Waals surface area (Å²) in [6, 6.07) is 7.01. The van der Waals surface area contributed by atoms with Crippen molar-refractivity contribution in [2.45, 2.75) is 0 Å². The van der Waals surface area contributed by atoms with Gasteiger partial charge in [-0.2, -0.15) is 10.4 Å². The number of fused-ring (bicyclic) bond motifs is 1. The third kappa shape index (κ3) is 2.03. The number of nitriles is 1. The number of amides is 1. The molecule has 1 aliphatic rings. The topological polar surface area (TPSA) is 100 Å². The molecule has 20 heavy (non-hydrogen) atoms. The number of carbonyl (C=O) groups excluding carboxylic acids is 1. The maximum absolute atomic E-state index is 12.2. The predicted molar refractivity (Wildman–Crippen MR) is 68.7 cm³/mol. The predicted octanol–water partition coefficient (Wildman–Crippen LogP) is 1.30. The van der Waals surface area contributed by atoms with Gasteiger partial charge in [0.1, 0.15) is 30.7 Å². The number of anilines is 1. The number of benzene rings is 1. The molecule has 0 fully saturated rings. The number of nitrogens with one attached hydrogen (secondary N) is 2. The first kappa shape index (κ1) is 12.0. The number of rotatable bonds is 2. The lowest BCUT2D eigenvalue weighted by Crippen LogP contribution is -2.20. The van der Waals surface area contributed by atoms with Crippen molar-refractivity contribution in [2.24, 2.45) is 0 Å². The smallest absolute Gasteiger partial charge is 0.260 e. The second kappa shape index (κ2) is 4.93. The molecule has 1 aromatic heterocycles. The molecule has 0 saturated heterocycles. The summed E-state index contributed by atoms with van der Waals surface area (Å²) < 4.78 is 10.9. The van der Waals surface area contributed by atoms with Crippen molar-refractivity contribution >= 4 is 11.7 Å². The lowest BCUT2D eigenvalue weighted by Gasteiger charge is -2.20. The summed E-state index contributed by atoms with van der Waals surface area (Å²) >= 11 is 0. The first-order valence-electron chi connectivity index (χ1n) is 5.93. The average molecular weight is 270 g/mol. The van der Waals surface area contributed by atoms with Gasteiger partial charge < -0.3 is 14.8 Å². The molecular formula is C13H10N4O3. The molecule has 2 heterocycles. The first-order valence-corrected chi connectivity index (χ1v) is 5.93. The van der Waals surface area contributed by atoms with E-state index in [1.807, 2.05) is 6.07 Å². The Labute approximate surface area is 114 Å². The van der Waals surface area contributed by atoms with Crippen molar-refractivity contribution in [2.75, 3.05) is 18.5 Å². The highest BCUT2D eigenvalue weighted by Gasteiger charge is 2.21. The van der Waals surface area contributed by atoms with E-state index in [9.17, 15) is 4.79 Å². The van der Waals surface area contributed by atoms with Gasteiger partial charge in [-0.05, 0) is 12.1 Å². The lowest BCUT2D eigenvalue weighted by molar-refractivity contribution is 0.101. The van der Waals surface area contributed by atoms with Crippen LogP contribution in [0.25, 0.3) is 0 Å². The number of hydrogen-bond acceptors (Lipinski definition) is 5. The van der Waals surface area contributed by atoms with Crippen molar-refractivity contribution in [3.05, 3.63) is 35.5 Å². The quantitative estimate of drug-likeness (QED) is 0.856. The van der Waals surface area contributed by atoms with Crippen molar-refractivity contribution in [1.82, 2.24) is 10.2 Å². The van der Waals surface area contributed by atoms with E-state index in [4.69, 9.17) is 14.7 Å². The second-order valence-electron chi connectivity index (χ2n) is 4.05. The van der Waals surface area contributed by atoms with Gasteiger partial charge in [-0.15, -0.1) is 0 Å². The number of nitrogens with zero attached hydrogens (tertiary/aromatic N) is 2. The van der Waals surface area contributed by atoms with E-state index in [-0.39, 0.29) is 11.4 Å². The van der Waals surface area contributed by atoms with Crippen molar-refractivity contribution < 1.29 is 14.3 Å². The zero-order valence-electron chi connectivity index (χ0n) is 10.3. The molecule has 0 unspecified atom stereocenters. The molecule has 1 amide bonds. The summed E-state index contributed by atoms with van der Waals surface area (Å²) in [6.45, 7) is 0.849. The zero-order valence-corrected chi connectivity index (χ0v) is 10.3. The third-order valence-corrected chi connectivity index (χ3v) is 2.81. The number of hydrogen-bond donors (Lipinski definition) is 2. The lowest BCUT2D eigenvalue weighted by atomic mass is 10.1. The van der Waals surface area contributed by atoms with Crippen LogP contribution in [0, 0.1) is 11.3 Å². The van der Waals surface area contributed by atoms with Crippen LogP contribution in [0.5, 0.6) is 11.5 Å². The van der Waals surface area contributed by atoms with Crippen molar-refractivity contribution in [3.8, 4) is 17.6 Å². The van der Waals surface area contributed by atoms with Crippen LogP contribution < -0.4 is 14.8 Å². The van der Waals surface area contributed by atoms with E-state index in [1.54, 1.807) is 18.2 Å². The highest BCUT2D eigenvalue weighted by Crippen LogP contribution is 2.33. The number of para-hydroxylation sites is 1. The van der Waals surface area contributed by atoms with Crippen LogP contribution in [0.3, 0.4) is 0 Å². The molecule has 7 nitrogen and oxygen atoms in total. The molecule has 100 valence electrons. The van der Waals surface area contributed by atoms with Gasteiger partial charge in [0, 0.05) is 0 Å². The van der Waals surface area contributed by atoms with Gasteiger partial charge in [0.2, 0.25) is 0 Å². The fourth-order valence-electron chi connectivity index (χ4n) is 1.90. The number of aromatic nitrogens is 2. The van der Waals surface area contributed by atoms with Gasteiger partial charge in [-0.1, -0.05) is 6.07 Å². The SMILES string of the molecule is N#Cc1cn[nH]c1NC(=O)c1cccc2c1OCCO2. The standard InChI is InChI=1S/C13H10N4O3/c14-6-8-7-15-17-12(8)16-13(18)9-2-1-3-10-11(9)20-5-4-19-10/h1-3,7H,4-5H2,(H2,15,16,17,18). The van der Waals surface area contributed by atoms with E-state index in [0.29, 0.717) is 30.3 Å². The van der Waals surface area contributed by atoms with Crippen molar-refractivity contribution in [3.63, 3.8) is 0 Å². The summed E-state index contributed by atoms with van der Waals surface area (Å²) in [5.74, 6) is 0.809. The fraction of sp³-hybridized carbons (Fsp3) is 0.154. The molecule has 2 aromatic rings. The van der Waals surface area contributed by atoms with Gasteiger partial charge >= 0.3 is 0 Å². The Balaban J connectivity index is 1.90. The van der Waals surface area contributed by atoms with Crippen LogP contribution in [-0.2, 0) is 0 Å². The molecular weight excluding hydrogens is 260 g/mol. The zero-order chi connectivity index (χ0) is 13.9. The molecule has 0 spiro atoms. The number of aromatic amines is 1. The van der Waals surface area contributed by atoms with Crippen LogP contribution in [0.15, 0.2) is 24.4 Å². The summed E-state index contributed by atoms with van der Waals surface area (Å²) in [5, 5.41) is 17.7. The van der Waals surface area contributed by atoms with Crippen LogP contribution in [-0.4, -0.2) is 29.3 Å². The van der Waals surface area contributed by atoms with E-state index in [2.05, 4.69) is 15.5 Å². The first-order chi connectivity index (χ1) is 9.79. The van der Waals surface area contributed by atoms with E-state index in [0.717, 1.165) is 0 Å². The third-order valence-electron chi connectivity index (χ3n) is 2.81. The monoisotopic (exact) mass is 270 g/mol. The van der Waals surface area contributed by atoms with Crippen LogP contribution in [0.1, 0.15) is 15.9 Å². The Morgan fingerprint density at radius 2 is 2.25 bits per heavy atom. The normalized spacial score (nSPS) is 12.6. The molecule has 0 bridgehead atoms. The second-order valence-corrected chi connectivity index (χ2v) is 4.05. The highest BCUT2D eigenvalue weighted by molar-refractivity contribution is 6.06. The van der Waals surface area contributed by atoms with E-state index < -0.39 is 5.91 Å². The molecule has 1 aromatic carbocycles. The van der Waals surface area contributed by atoms with Crippen LogP contribution >= 0.6 is 0 Å². The van der Waals surface area contributed by atoms with E-state index in [1.165, 1.54) is 6.20 Å². The van der Waals surface area contributed by atoms with Gasteiger partial charge in [-0.3, -0.25) is 9.89 Å². The molecule has 0 saturated carbocycles. The Morgan fingerprint density at radius 1 is 1.40 bits per heavy atom. The number of H-pyrrole nitrogens is 1. The summed E-state index contributed by atoms with van der Waals surface area (Å²) in [5.41, 5.74) is 0.612. The summed E-state index contributed by atoms with van der Waals surface area (Å²) in [6.07, 6.45) is 1.34. The average Bonchev–Trinajstić information content (AvgIpc) is 2.93. The molecule has 7 heteroatoms. The van der Waals surface area contributed by atoms with Crippen molar-refractivity contribution in [1.29, 1.82) is 5.26 Å². The molecule has 0 radical (unpaired) electrons. The number of ether oxygens (including phenoxy) is 2. The molecule has 0 atom stereocenters. The Morgan fingerprint density at radius 3 is 3.10 bits per heavy atom. The Hall–Kier alpha value is -3.01. The largest absolute Gasteiger partial charge is 0.486 e. The summed E-state index contributed by atoms with van der Waals surface area (Å²) in [7, 11) is 0. The number of carbonyl (C=O) groups is 1. The van der Waals surface area contributed by atoms with Crippen LogP contribution in [0.4, 0.5) is 5.82 Å². The highest BCUT2D eigenvalue weighted by atomic mass is 16.6. The minimum absolute atomic E-state index is 0.256. The van der Waals surface area contributed by atoms with Gasteiger partial charge in [0.15, 0.2) is 11.5 Å². The van der Waals surface area contributed by atoms with Gasteiger partial charge in [0.05, 0.1) is 11.8 Å². The molecule has 3 rings (SSSR count). The molecule has 0 aliphatic carbocycles. The fourth-order valence-corrected chi connectivity index (χ4v) is 1.90. The summed E-state index contributed by atoms with van der Waals surface area (Å²) in [4.78, 5) is 12.2. The Bertz CT molecular complexity index is 702. The maximum Gasteiger partial charge on any atom is 0.260 e. The van der Waals surface area contributed by atoms with Gasteiger partial charge in [0.25, 0.3) is 5.91 Å². The minimum atomic E-state index is -0.395. The van der Waals surface area contributed by atoms with E-state index >= 15 is 0 Å².